The van der Waals surface area contributed by atoms with E-state index in [1.165, 1.54) is 12.1 Å². The van der Waals surface area contributed by atoms with Crippen molar-refractivity contribution in [2.45, 2.75) is 13.8 Å². The van der Waals surface area contributed by atoms with E-state index in [4.69, 9.17) is 10.8 Å². The molecule has 0 aliphatic heterocycles. The zero-order chi connectivity index (χ0) is 13.9. The van der Waals surface area contributed by atoms with Crippen LogP contribution in [0.1, 0.15) is 34.6 Å². The lowest BCUT2D eigenvalue weighted by molar-refractivity contribution is 0.0698. The molecule has 0 unspecified atom stereocenters. The molecule has 96 valence electrons. The van der Waals surface area contributed by atoms with E-state index >= 15 is 0 Å². The molecule has 1 amide bonds. The van der Waals surface area contributed by atoms with E-state index in [1.54, 1.807) is 7.85 Å². The quantitative estimate of drug-likeness (QED) is 0.629. The number of carboxylic acids is 1. The van der Waals surface area contributed by atoms with Crippen molar-refractivity contribution >= 4 is 30.9 Å². The Morgan fingerprint density at radius 2 is 2.00 bits per heavy atom. The monoisotopic (exact) mass is 248 g/mol. The Morgan fingerprint density at radius 3 is 2.44 bits per heavy atom. The van der Waals surface area contributed by atoms with Gasteiger partial charge in [-0.25, -0.2) is 4.79 Å². The van der Waals surface area contributed by atoms with Crippen LogP contribution in [0.15, 0.2) is 12.1 Å². The van der Waals surface area contributed by atoms with Crippen molar-refractivity contribution in [1.82, 2.24) is 0 Å². The van der Waals surface area contributed by atoms with Gasteiger partial charge in [0.2, 0.25) is 0 Å². The lowest BCUT2D eigenvalue weighted by Crippen LogP contribution is -2.23. The average Bonchev–Trinajstić information content (AvgIpc) is 2.26. The van der Waals surface area contributed by atoms with Crippen LogP contribution in [-0.4, -0.2) is 31.4 Å². The van der Waals surface area contributed by atoms with Crippen molar-refractivity contribution < 1.29 is 14.7 Å². The maximum Gasteiger partial charge on any atom is 0.335 e. The number of nitrogens with two attached hydrogens (primary N) is 1. The van der Waals surface area contributed by atoms with Crippen LogP contribution in [0.25, 0.3) is 0 Å². The lowest BCUT2D eigenvalue weighted by Gasteiger charge is -2.14. The molecule has 0 heterocycles. The van der Waals surface area contributed by atoms with Crippen molar-refractivity contribution in [2.75, 3.05) is 11.9 Å². The van der Waals surface area contributed by atoms with Crippen LogP contribution in [0.3, 0.4) is 0 Å². The zero-order valence-corrected chi connectivity index (χ0v) is 10.8. The highest BCUT2D eigenvalue weighted by Gasteiger charge is 2.15. The highest BCUT2D eigenvalue weighted by molar-refractivity contribution is 6.36. The predicted octanol–water partition coefficient (Wildman–Crippen LogP) is -0.190. The number of hydrogen-bond acceptors (Lipinski definition) is 3. The van der Waals surface area contributed by atoms with Gasteiger partial charge in [-0.15, -0.1) is 0 Å². The van der Waals surface area contributed by atoms with Crippen LogP contribution in [0, 0.1) is 5.92 Å². The fraction of sp³-hybridized carbons (Fsp3) is 0.333. The van der Waals surface area contributed by atoms with Gasteiger partial charge < -0.3 is 16.2 Å². The molecule has 0 saturated heterocycles. The van der Waals surface area contributed by atoms with E-state index in [0.29, 0.717) is 29.2 Å². The predicted molar refractivity (Wildman–Crippen MR) is 73.4 cm³/mol. The fourth-order valence-electron chi connectivity index (χ4n) is 1.60. The van der Waals surface area contributed by atoms with Crippen LogP contribution in [0.4, 0.5) is 5.69 Å². The maximum absolute atomic E-state index is 11.3. The van der Waals surface area contributed by atoms with Crippen molar-refractivity contribution in [3.8, 4) is 0 Å². The molecule has 0 aromatic heterocycles. The Kier molecular flexibility index (Phi) is 4.36. The van der Waals surface area contributed by atoms with Gasteiger partial charge in [-0.1, -0.05) is 25.4 Å². The van der Waals surface area contributed by atoms with E-state index in [0.717, 1.165) is 0 Å². The number of anilines is 1. The minimum atomic E-state index is -1.02. The Bertz CT molecular complexity index is 486. The van der Waals surface area contributed by atoms with Gasteiger partial charge in [0.25, 0.3) is 5.91 Å². The first-order valence-corrected chi connectivity index (χ1v) is 5.74. The van der Waals surface area contributed by atoms with Crippen molar-refractivity contribution in [1.29, 1.82) is 0 Å². The Hall–Kier alpha value is -1.98. The first-order chi connectivity index (χ1) is 8.32. The standard InChI is InChI=1S/C12H17BN2O3/c1-6(2)5-15-10-4-7(12(17)18)9(13)3-8(10)11(14)16/h3-4,6,15H,5,13H2,1-2H3,(H2,14,16)(H,17,18). The van der Waals surface area contributed by atoms with Gasteiger partial charge >= 0.3 is 5.97 Å². The third kappa shape index (κ3) is 3.26. The number of hydrogen-bond donors (Lipinski definition) is 3. The van der Waals surface area contributed by atoms with Gasteiger partial charge in [0.05, 0.1) is 11.1 Å². The summed E-state index contributed by atoms with van der Waals surface area (Å²) in [7, 11) is 1.64. The van der Waals surface area contributed by atoms with Gasteiger partial charge in [-0.05, 0) is 12.0 Å². The molecule has 0 radical (unpaired) electrons. The average molecular weight is 248 g/mol. The third-order valence-electron chi connectivity index (χ3n) is 2.56. The summed E-state index contributed by atoms with van der Waals surface area (Å²) in [6, 6.07) is 2.97. The number of carbonyl (C=O) groups excluding carboxylic acids is 1. The third-order valence-corrected chi connectivity index (χ3v) is 2.56. The minimum Gasteiger partial charge on any atom is -0.478 e. The molecule has 0 atom stereocenters. The van der Waals surface area contributed by atoms with Crippen molar-refractivity contribution in [3.63, 3.8) is 0 Å². The van der Waals surface area contributed by atoms with E-state index in [9.17, 15) is 9.59 Å². The molecule has 0 bridgehead atoms. The van der Waals surface area contributed by atoms with Crippen LogP contribution in [0.5, 0.6) is 0 Å². The first-order valence-electron chi connectivity index (χ1n) is 5.74. The lowest BCUT2D eigenvalue weighted by atomic mass is 9.87. The molecule has 0 aliphatic rings. The summed E-state index contributed by atoms with van der Waals surface area (Å²) in [5.74, 6) is -1.21. The molecule has 0 aliphatic carbocycles. The van der Waals surface area contributed by atoms with Crippen LogP contribution in [-0.2, 0) is 0 Å². The second-order valence-corrected chi connectivity index (χ2v) is 4.66. The molecule has 1 aromatic carbocycles. The van der Waals surface area contributed by atoms with Crippen LogP contribution in [0.2, 0.25) is 0 Å². The van der Waals surface area contributed by atoms with Gasteiger partial charge in [-0.3, -0.25) is 4.79 Å². The van der Waals surface area contributed by atoms with Crippen molar-refractivity contribution in [3.05, 3.63) is 23.3 Å². The molecule has 6 heteroatoms. The second-order valence-electron chi connectivity index (χ2n) is 4.66. The number of primary amides is 1. The Labute approximate surface area is 107 Å². The van der Waals surface area contributed by atoms with Gasteiger partial charge in [-0.2, -0.15) is 0 Å². The number of aromatic carboxylic acids is 1. The fourth-order valence-corrected chi connectivity index (χ4v) is 1.60. The first kappa shape index (κ1) is 14.1. The molecule has 1 rings (SSSR count). The van der Waals surface area contributed by atoms with Gasteiger partial charge in [0.1, 0.15) is 7.85 Å². The summed E-state index contributed by atoms with van der Waals surface area (Å²) in [5, 5.41) is 12.1. The molecule has 0 saturated carbocycles. The largest absolute Gasteiger partial charge is 0.478 e. The smallest absolute Gasteiger partial charge is 0.335 e. The zero-order valence-electron chi connectivity index (χ0n) is 10.8. The van der Waals surface area contributed by atoms with E-state index in [1.807, 2.05) is 13.8 Å². The van der Waals surface area contributed by atoms with Crippen LogP contribution < -0.4 is 16.5 Å². The van der Waals surface area contributed by atoms with E-state index in [2.05, 4.69) is 5.32 Å². The molecule has 5 nitrogen and oxygen atoms in total. The Balaban J connectivity index is 3.22. The summed E-state index contributed by atoms with van der Waals surface area (Å²) >= 11 is 0. The molecule has 4 N–H and O–H groups in total. The SMILES string of the molecule is Bc1cc(C(N)=O)c(NCC(C)C)cc1C(=O)O. The number of rotatable bonds is 5. The number of carboxylic acid groups (broad SMARTS) is 1. The van der Waals surface area contributed by atoms with Crippen molar-refractivity contribution in [2.24, 2.45) is 11.7 Å². The summed E-state index contributed by atoms with van der Waals surface area (Å²) in [6.07, 6.45) is 0. The summed E-state index contributed by atoms with van der Waals surface area (Å²) < 4.78 is 0. The number of carbonyl (C=O) groups is 2. The van der Waals surface area contributed by atoms with Crippen LogP contribution >= 0.6 is 0 Å². The summed E-state index contributed by atoms with van der Waals surface area (Å²) in [5.41, 5.74) is 6.77. The topological polar surface area (TPSA) is 92.4 Å². The van der Waals surface area contributed by atoms with E-state index < -0.39 is 11.9 Å². The molecule has 0 fully saturated rings. The Morgan fingerprint density at radius 1 is 1.39 bits per heavy atom. The number of nitrogens with one attached hydrogen (secondary N) is 1. The number of amides is 1. The molecule has 0 spiro atoms. The highest BCUT2D eigenvalue weighted by atomic mass is 16.4. The molecular weight excluding hydrogens is 231 g/mol. The van der Waals surface area contributed by atoms with Gasteiger partial charge in [0.15, 0.2) is 0 Å². The summed E-state index contributed by atoms with van der Waals surface area (Å²) in [6.45, 7) is 4.68. The van der Waals surface area contributed by atoms with Gasteiger partial charge in [0, 0.05) is 12.2 Å². The highest BCUT2D eigenvalue weighted by Crippen LogP contribution is 2.16. The second kappa shape index (κ2) is 5.57. The normalized spacial score (nSPS) is 10.4. The minimum absolute atomic E-state index is 0.172. The number of benzene rings is 1. The maximum atomic E-state index is 11.3. The molecule has 1 aromatic rings. The molecule has 18 heavy (non-hydrogen) atoms. The molecular formula is C12H17BN2O3. The van der Waals surface area contributed by atoms with E-state index in [-0.39, 0.29) is 5.56 Å². The summed E-state index contributed by atoms with van der Waals surface area (Å²) in [4.78, 5) is 22.4.